The van der Waals surface area contributed by atoms with Crippen molar-refractivity contribution in [3.63, 3.8) is 0 Å². The summed E-state index contributed by atoms with van der Waals surface area (Å²) in [6.07, 6.45) is 37.0. The van der Waals surface area contributed by atoms with Gasteiger partial charge in [0, 0.05) is 6.42 Å². The SMILES string of the molecule is CCCCCCC/C=C\C/C=C\C/C=C\CCCCCCCCC(=O)NC(COC1OC(CO)C(OC2OC(CO)C(O)C(O)C2O)C(O)C1O)C(O)CCCCCCCCCCCCCCCCCCCC. The third-order valence-corrected chi connectivity index (χ3v) is 14.6. The number of carbonyl (C=O) groups is 1. The fourth-order valence-corrected chi connectivity index (χ4v) is 9.77. The van der Waals surface area contributed by atoms with E-state index in [0.29, 0.717) is 19.3 Å². The highest BCUT2D eigenvalue weighted by atomic mass is 16.7. The second-order valence-corrected chi connectivity index (χ2v) is 21.1. The van der Waals surface area contributed by atoms with E-state index in [4.69, 9.17) is 18.9 Å². The van der Waals surface area contributed by atoms with Crippen molar-refractivity contribution in [1.29, 1.82) is 0 Å². The Labute approximate surface area is 442 Å². The normalized spacial score (nSPS) is 25.6. The van der Waals surface area contributed by atoms with Gasteiger partial charge in [0.1, 0.15) is 48.8 Å². The quantitative estimate of drug-likeness (QED) is 0.0205. The number of amides is 1. The van der Waals surface area contributed by atoms with Crippen molar-refractivity contribution in [1.82, 2.24) is 5.32 Å². The predicted molar refractivity (Wildman–Crippen MR) is 291 cm³/mol. The zero-order chi connectivity index (χ0) is 53.2. The number of allylic oxidation sites excluding steroid dienone is 6. The second-order valence-electron chi connectivity index (χ2n) is 21.1. The molecule has 428 valence electrons. The molecular formula is C59H109NO13. The Bertz CT molecular complexity index is 1370. The van der Waals surface area contributed by atoms with Crippen molar-refractivity contribution in [2.75, 3.05) is 19.8 Å². The van der Waals surface area contributed by atoms with Crippen LogP contribution in [0.1, 0.15) is 239 Å². The van der Waals surface area contributed by atoms with Crippen LogP contribution in [0, 0.1) is 0 Å². The van der Waals surface area contributed by atoms with Crippen LogP contribution in [-0.2, 0) is 23.7 Å². The van der Waals surface area contributed by atoms with Crippen LogP contribution in [0.5, 0.6) is 0 Å². The molecule has 9 N–H and O–H groups in total. The molecule has 0 saturated carbocycles. The van der Waals surface area contributed by atoms with Crippen LogP contribution in [0.3, 0.4) is 0 Å². The lowest BCUT2D eigenvalue weighted by Crippen LogP contribution is -2.65. The number of hydrogen-bond donors (Lipinski definition) is 9. The number of unbranched alkanes of at least 4 members (excludes halogenated alkanes) is 28. The molecule has 0 radical (unpaired) electrons. The number of carbonyl (C=O) groups excluding carboxylic acids is 1. The molecule has 2 saturated heterocycles. The van der Waals surface area contributed by atoms with Crippen molar-refractivity contribution < 1.29 is 64.6 Å². The Morgan fingerprint density at radius 3 is 1.38 bits per heavy atom. The summed E-state index contributed by atoms with van der Waals surface area (Å²) in [6.45, 7) is 2.85. The van der Waals surface area contributed by atoms with Crippen molar-refractivity contribution in [2.45, 2.75) is 312 Å². The average Bonchev–Trinajstić information content (AvgIpc) is 3.39. The van der Waals surface area contributed by atoms with Gasteiger partial charge in [0.05, 0.1) is 32.0 Å². The first-order valence-electron chi connectivity index (χ1n) is 29.7. The third-order valence-electron chi connectivity index (χ3n) is 14.6. The van der Waals surface area contributed by atoms with E-state index in [1.165, 1.54) is 128 Å². The van der Waals surface area contributed by atoms with Crippen LogP contribution in [-0.4, -0.2) is 140 Å². The van der Waals surface area contributed by atoms with E-state index in [2.05, 4.69) is 55.6 Å². The summed E-state index contributed by atoms with van der Waals surface area (Å²) in [4.78, 5) is 13.3. The minimum absolute atomic E-state index is 0.218. The summed E-state index contributed by atoms with van der Waals surface area (Å²) in [5, 5.41) is 87.2. The van der Waals surface area contributed by atoms with E-state index >= 15 is 0 Å². The van der Waals surface area contributed by atoms with Crippen molar-refractivity contribution >= 4 is 5.91 Å². The fourth-order valence-electron chi connectivity index (χ4n) is 9.77. The maximum absolute atomic E-state index is 13.3. The van der Waals surface area contributed by atoms with Crippen molar-refractivity contribution in [2.24, 2.45) is 0 Å². The van der Waals surface area contributed by atoms with E-state index < -0.39 is 86.8 Å². The molecule has 0 aromatic rings. The van der Waals surface area contributed by atoms with Gasteiger partial charge in [-0.1, -0.05) is 217 Å². The van der Waals surface area contributed by atoms with Gasteiger partial charge >= 0.3 is 0 Å². The highest BCUT2D eigenvalue weighted by Gasteiger charge is 2.51. The summed E-state index contributed by atoms with van der Waals surface area (Å²) in [6, 6.07) is -0.836. The van der Waals surface area contributed by atoms with Crippen LogP contribution in [0.15, 0.2) is 36.5 Å². The minimum Gasteiger partial charge on any atom is -0.394 e. The molecule has 2 aliphatic rings. The van der Waals surface area contributed by atoms with Crippen LogP contribution < -0.4 is 5.32 Å². The highest BCUT2D eigenvalue weighted by molar-refractivity contribution is 5.76. The topological polar surface area (TPSA) is 228 Å². The van der Waals surface area contributed by atoms with Gasteiger partial charge in [0.2, 0.25) is 5.91 Å². The number of aliphatic hydroxyl groups is 8. The van der Waals surface area contributed by atoms with Gasteiger partial charge in [-0.2, -0.15) is 0 Å². The molecular weight excluding hydrogens is 931 g/mol. The van der Waals surface area contributed by atoms with Gasteiger partial charge in [-0.3, -0.25) is 4.79 Å². The summed E-state index contributed by atoms with van der Waals surface area (Å²) < 4.78 is 22.8. The first-order valence-corrected chi connectivity index (χ1v) is 29.7. The van der Waals surface area contributed by atoms with E-state index in [0.717, 1.165) is 77.0 Å². The number of rotatable bonds is 47. The minimum atomic E-state index is -1.78. The Morgan fingerprint density at radius 1 is 0.493 bits per heavy atom. The van der Waals surface area contributed by atoms with E-state index in [1.54, 1.807) is 0 Å². The van der Waals surface area contributed by atoms with Gasteiger partial charge in [-0.25, -0.2) is 0 Å². The molecule has 2 rings (SSSR count). The molecule has 0 aliphatic carbocycles. The number of hydrogen-bond acceptors (Lipinski definition) is 13. The lowest BCUT2D eigenvalue weighted by molar-refractivity contribution is -0.359. The molecule has 2 heterocycles. The average molecular weight is 1040 g/mol. The number of nitrogens with one attached hydrogen (secondary N) is 1. The molecule has 0 bridgehead atoms. The first-order chi connectivity index (χ1) is 35.6. The molecule has 12 atom stereocenters. The first kappa shape index (κ1) is 67.3. The standard InChI is InChI=1S/C59H109NO13/c1-3-5-7-9-11-13-15-17-19-21-23-24-25-27-29-31-33-35-37-39-41-43-51(64)60-47(48(63)42-40-38-36-34-32-30-28-26-22-20-18-16-14-12-10-8-6-4-2)46-70-58-56(69)54(67)57(50(45-62)72-58)73-59-55(68)53(66)52(65)49(44-61)71-59/h15,17,21,23,25,27,47-50,52-59,61-63,65-69H,3-14,16,18-20,22,24,26,28-46H2,1-2H3,(H,60,64)/b17-15-,23-21-,27-25-. The smallest absolute Gasteiger partial charge is 0.220 e. The fraction of sp³-hybridized carbons (Fsp3) is 0.881. The predicted octanol–water partition coefficient (Wildman–Crippen LogP) is 9.83. The van der Waals surface area contributed by atoms with E-state index in [-0.39, 0.29) is 12.5 Å². The van der Waals surface area contributed by atoms with Gasteiger partial charge in [0.25, 0.3) is 0 Å². The third kappa shape index (κ3) is 31.3. The summed E-state index contributed by atoms with van der Waals surface area (Å²) in [7, 11) is 0. The molecule has 14 heteroatoms. The molecule has 73 heavy (non-hydrogen) atoms. The van der Waals surface area contributed by atoms with Crippen LogP contribution in [0.2, 0.25) is 0 Å². The second kappa shape index (κ2) is 45.3. The Morgan fingerprint density at radius 2 is 0.904 bits per heavy atom. The maximum Gasteiger partial charge on any atom is 0.220 e. The number of aliphatic hydroxyl groups excluding tert-OH is 8. The van der Waals surface area contributed by atoms with Crippen molar-refractivity contribution in [3.05, 3.63) is 36.5 Å². The zero-order valence-electron chi connectivity index (χ0n) is 45.9. The van der Waals surface area contributed by atoms with Crippen LogP contribution in [0.25, 0.3) is 0 Å². The van der Waals surface area contributed by atoms with E-state index in [1.807, 2.05) is 0 Å². The van der Waals surface area contributed by atoms with Gasteiger partial charge < -0.3 is 65.1 Å². The maximum atomic E-state index is 13.3. The molecule has 0 aromatic carbocycles. The van der Waals surface area contributed by atoms with Gasteiger partial charge in [0.15, 0.2) is 12.6 Å². The summed E-state index contributed by atoms with van der Waals surface area (Å²) in [5.74, 6) is -0.218. The Balaban J connectivity index is 1.77. The van der Waals surface area contributed by atoms with Gasteiger partial charge in [-0.15, -0.1) is 0 Å². The van der Waals surface area contributed by atoms with Crippen molar-refractivity contribution in [3.8, 4) is 0 Å². The molecule has 2 aliphatic heterocycles. The largest absolute Gasteiger partial charge is 0.394 e. The summed E-state index contributed by atoms with van der Waals surface area (Å²) in [5.41, 5.74) is 0. The molecule has 0 spiro atoms. The lowest BCUT2D eigenvalue weighted by atomic mass is 9.97. The van der Waals surface area contributed by atoms with Crippen LogP contribution in [0.4, 0.5) is 0 Å². The summed E-state index contributed by atoms with van der Waals surface area (Å²) >= 11 is 0. The Kier molecular flexibility index (Phi) is 41.7. The molecule has 12 unspecified atom stereocenters. The monoisotopic (exact) mass is 1040 g/mol. The van der Waals surface area contributed by atoms with Gasteiger partial charge in [-0.05, 0) is 51.4 Å². The molecule has 0 aromatic heterocycles. The molecule has 2 fully saturated rings. The molecule has 14 nitrogen and oxygen atoms in total. The Hall–Kier alpha value is -1.79. The highest BCUT2D eigenvalue weighted by Crippen LogP contribution is 2.30. The number of ether oxygens (including phenoxy) is 4. The molecule has 1 amide bonds. The zero-order valence-corrected chi connectivity index (χ0v) is 45.9. The lowest BCUT2D eigenvalue weighted by Gasteiger charge is -2.46. The van der Waals surface area contributed by atoms with Crippen LogP contribution >= 0.6 is 0 Å². The van der Waals surface area contributed by atoms with E-state index in [9.17, 15) is 45.6 Å².